The molecule has 1 heterocycles. The van der Waals surface area contributed by atoms with E-state index in [1.165, 1.54) is 135 Å². The van der Waals surface area contributed by atoms with Crippen molar-refractivity contribution in [2.75, 3.05) is 19.8 Å². The Labute approximate surface area is 658 Å². The molecular weight excluding hydrogens is 1390 g/mol. The molecule has 108 heavy (non-hydrogen) atoms. The van der Waals surface area contributed by atoms with E-state index in [0.29, 0.717) is 51.4 Å². The Morgan fingerprint density at radius 3 is 0.954 bits per heavy atom. The number of phosphoric acid groups is 1. The van der Waals surface area contributed by atoms with Crippen LogP contribution in [0.15, 0.2) is 0 Å². The van der Waals surface area contributed by atoms with Crippen molar-refractivity contribution in [1.82, 2.24) is 10.6 Å². The van der Waals surface area contributed by atoms with E-state index in [1.54, 1.807) is 0 Å². The molecule has 0 aromatic heterocycles. The molecule has 1 fully saturated rings. The van der Waals surface area contributed by atoms with Gasteiger partial charge in [-0.05, 0) is 57.8 Å². The molecule has 0 bridgehead atoms. The number of amides is 2. The van der Waals surface area contributed by atoms with Gasteiger partial charge in [0.15, 0.2) is 12.4 Å². The fourth-order valence-corrected chi connectivity index (χ4v) is 15.2. The predicted octanol–water partition coefficient (Wildman–Crippen LogP) is 21.5. The highest BCUT2D eigenvalue weighted by Crippen LogP contribution is 2.42. The third-order valence-electron chi connectivity index (χ3n) is 21.2. The van der Waals surface area contributed by atoms with Crippen molar-refractivity contribution in [2.45, 2.75) is 501 Å². The van der Waals surface area contributed by atoms with E-state index in [9.17, 15) is 53.3 Å². The molecule has 0 aromatic carbocycles. The van der Waals surface area contributed by atoms with Gasteiger partial charge in [-0.3, -0.25) is 33.3 Å². The van der Waals surface area contributed by atoms with Gasteiger partial charge in [0, 0.05) is 19.3 Å². The number of esters is 4. The average Bonchev–Trinajstić information content (AvgIpc) is 0.780. The zero-order valence-electron chi connectivity index (χ0n) is 69.8. The number of hydrogen-bond donors (Lipinski definition) is 6. The van der Waals surface area contributed by atoms with Crippen LogP contribution < -0.4 is 10.6 Å². The normalized spacial score (nSPS) is 17.1. The van der Waals surface area contributed by atoms with Crippen molar-refractivity contribution in [3.63, 3.8) is 0 Å². The summed E-state index contributed by atoms with van der Waals surface area (Å²) in [5.74, 6) is -3.49. The fraction of sp³-hybridized carbons (Fsp3) is 0.931. The number of rotatable bonds is 79. The molecule has 0 aliphatic carbocycles. The van der Waals surface area contributed by atoms with Crippen molar-refractivity contribution >= 4 is 43.5 Å². The molecule has 21 heteroatoms. The lowest BCUT2D eigenvalue weighted by Gasteiger charge is -2.45. The van der Waals surface area contributed by atoms with Crippen LogP contribution >= 0.6 is 7.82 Å². The number of carbonyl (C=O) groups is 6. The van der Waals surface area contributed by atoms with E-state index in [4.69, 9.17) is 32.9 Å². The lowest BCUT2D eigenvalue weighted by Crippen LogP contribution is -2.66. The minimum absolute atomic E-state index is 0.152. The summed E-state index contributed by atoms with van der Waals surface area (Å²) in [6, 6.07) is -2.81. The number of ether oxygens (including phenoxy) is 6. The topological polar surface area (TPSA) is 289 Å². The van der Waals surface area contributed by atoms with Gasteiger partial charge in [0.2, 0.25) is 11.8 Å². The Kier molecular flexibility index (Phi) is 69.2. The van der Waals surface area contributed by atoms with E-state index in [2.05, 4.69) is 52.2 Å². The molecule has 20 nitrogen and oxygen atoms in total. The molecule has 1 saturated heterocycles. The van der Waals surface area contributed by atoms with Crippen LogP contribution in [-0.2, 0) is 66.3 Å². The predicted molar refractivity (Wildman–Crippen MR) is 434 cm³/mol. The van der Waals surface area contributed by atoms with Gasteiger partial charge in [-0.2, -0.15) is 0 Å². The molecule has 0 unspecified atom stereocenters. The standard InChI is InChI=1S/C87H165N2O18P/c1-7-13-19-25-31-37-43-49-55-61-74(102-80(94)64-58-52-46-40-34-28-22-16-10-4)67-78(92)88-73(70-90)72-101-87-84(89-79(93)68-75(62-56-50-44-38-32-26-20-14-8-2)103-81(95)65-59-53-47-41-35-29-23-17-11-5)86(85(77(71-91)105-87)107-108(98,99)100)106-83(97)69-76(63-57-51-45-39-33-27-21-15-9-3)104-82(96)66-60-54-48-42-36-30-24-18-12-6/h73-77,84-87,90-91H,7-72H2,1-6H3,(H,88,92)(H,89,93)(H2,98,99,100)/t73-,74+,75+,76+,77+,84+,85+,86+,87+/m0/s1. The summed E-state index contributed by atoms with van der Waals surface area (Å²) >= 11 is 0. The minimum atomic E-state index is -5.52. The lowest BCUT2D eigenvalue weighted by molar-refractivity contribution is -0.272. The first kappa shape index (κ1) is 103. The summed E-state index contributed by atoms with van der Waals surface area (Å²) in [4.78, 5) is 106. The number of aliphatic hydroxyl groups excluding tert-OH is 2. The van der Waals surface area contributed by atoms with Crippen LogP contribution in [0, 0.1) is 0 Å². The Morgan fingerprint density at radius 2 is 0.657 bits per heavy atom. The SMILES string of the molecule is CCCCCCCCCCCC(=O)O[C@H](CCCCCCCCCCC)CC(=O)N[C@@H](CO)CO[C@@H]1O[C@H](CO)[C@@H](OP(=O)(O)O)[C@H](OC(=O)C[C@@H](CCCCCCCCCCC)OC(=O)CCCCCCCCCCC)[C@H]1NC(=O)C[C@@H](CCCCCCCCCCC)OC(=O)CCCCCCCCCCC. The summed E-state index contributed by atoms with van der Waals surface area (Å²) in [6.07, 6.45) is 48.2. The second kappa shape index (κ2) is 72.7. The third kappa shape index (κ3) is 60.4. The maximum absolute atomic E-state index is 14.9. The van der Waals surface area contributed by atoms with E-state index in [1.807, 2.05) is 0 Å². The smallest absolute Gasteiger partial charge is 0.462 e. The van der Waals surface area contributed by atoms with Gasteiger partial charge in [0.1, 0.15) is 36.6 Å². The molecule has 1 aliphatic rings. The summed E-state index contributed by atoms with van der Waals surface area (Å²) < 4.78 is 55.6. The Balaban J connectivity index is 3.80. The highest BCUT2D eigenvalue weighted by Gasteiger charge is 2.52. The van der Waals surface area contributed by atoms with Crippen LogP contribution in [0.5, 0.6) is 0 Å². The summed E-state index contributed by atoms with van der Waals surface area (Å²) in [7, 11) is -5.52. The Bertz CT molecular complexity index is 2190. The first-order chi connectivity index (χ1) is 52.5. The minimum Gasteiger partial charge on any atom is -0.462 e. The second-order valence-corrected chi connectivity index (χ2v) is 32.8. The van der Waals surface area contributed by atoms with Crippen LogP contribution in [0.25, 0.3) is 0 Å². The van der Waals surface area contributed by atoms with Gasteiger partial charge in [-0.1, -0.05) is 350 Å². The van der Waals surface area contributed by atoms with E-state index in [-0.39, 0.29) is 38.1 Å². The quantitative estimate of drug-likeness (QED) is 0.0143. The number of phosphoric ester groups is 1. The zero-order chi connectivity index (χ0) is 79.2. The highest BCUT2D eigenvalue weighted by molar-refractivity contribution is 7.46. The number of aliphatic hydroxyl groups is 2. The Hall–Kier alpha value is -3.23. The zero-order valence-corrected chi connectivity index (χ0v) is 70.7. The fourth-order valence-electron chi connectivity index (χ4n) is 14.6. The van der Waals surface area contributed by atoms with Crippen LogP contribution in [0.3, 0.4) is 0 Å². The van der Waals surface area contributed by atoms with Crippen molar-refractivity contribution in [3.8, 4) is 0 Å². The van der Waals surface area contributed by atoms with E-state index >= 15 is 0 Å². The van der Waals surface area contributed by atoms with Gasteiger partial charge >= 0.3 is 31.7 Å². The van der Waals surface area contributed by atoms with Crippen LogP contribution in [-0.4, -0.2) is 131 Å². The van der Waals surface area contributed by atoms with Gasteiger partial charge in [-0.15, -0.1) is 0 Å². The van der Waals surface area contributed by atoms with Gasteiger partial charge < -0.3 is 59.1 Å². The monoisotopic (exact) mass is 1560 g/mol. The lowest BCUT2D eigenvalue weighted by atomic mass is 9.95. The molecule has 1 aliphatic heterocycles. The molecule has 1 rings (SSSR count). The van der Waals surface area contributed by atoms with Crippen molar-refractivity contribution in [3.05, 3.63) is 0 Å². The summed E-state index contributed by atoms with van der Waals surface area (Å²) in [5.41, 5.74) is 0. The van der Waals surface area contributed by atoms with Crippen LogP contribution in [0.2, 0.25) is 0 Å². The second-order valence-electron chi connectivity index (χ2n) is 31.6. The molecule has 636 valence electrons. The van der Waals surface area contributed by atoms with Crippen LogP contribution in [0.4, 0.5) is 0 Å². The van der Waals surface area contributed by atoms with Gasteiger partial charge in [0.05, 0.1) is 45.1 Å². The number of carbonyl (C=O) groups excluding carboxylic acids is 6. The number of unbranched alkanes of at least 4 members (excludes halogenated alkanes) is 48. The molecular formula is C87H165N2O18P. The van der Waals surface area contributed by atoms with Crippen molar-refractivity contribution < 1.29 is 86.3 Å². The number of nitrogens with one attached hydrogen (secondary N) is 2. The van der Waals surface area contributed by atoms with E-state index < -0.39 is 119 Å². The third-order valence-corrected chi connectivity index (χ3v) is 21.7. The van der Waals surface area contributed by atoms with Crippen molar-refractivity contribution in [1.29, 1.82) is 0 Å². The molecule has 0 spiro atoms. The maximum Gasteiger partial charge on any atom is 0.470 e. The maximum atomic E-state index is 14.9. The van der Waals surface area contributed by atoms with Gasteiger partial charge in [0.25, 0.3) is 0 Å². The molecule has 6 N–H and O–H groups in total. The van der Waals surface area contributed by atoms with Gasteiger partial charge in [-0.25, -0.2) is 4.57 Å². The first-order valence-electron chi connectivity index (χ1n) is 45.1. The summed E-state index contributed by atoms with van der Waals surface area (Å²) in [6.45, 7) is 11.1. The molecule has 0 aromatic rings. The highest BCUT2D eigenvalue weighted by atomic mass is 31.2. The molecule has 9 atom stereocenters. The molecule has 2 amide bonds. The largest absolute Gasteiger partial charge is 0.470 e. The number of hydrogen-bond acceptors (Lipinski definition) is 16. The Morgan fingerprint density at radius 1 is 0.370 bits per heavy atom. The molecule has 0 saturated carbocycles. The average molecular weight is 1560 g/mol. The van der Waals surface area contributed by atoms with Crippen molar-refractivity contribution in [2.24, 2.45) is 0 Å². The van der Waals surface area contributed by atoms with E-state index in [0.717, 1.165) is 180 Å². The summed E-state index contributed by atoms with van der Waals surface area (Å²) in [5, 5.41) is 27.6. The molecule has 0 radical (unpaired) electrons. The van der Waals surface area contributed by atoms with Crippen LogP contribution in [0.1, 0.15) is 446 Å². The first-order valence-corrected chi connectivity index (χ1v) is 46.6.